The summed E-state index contributed by atoms with van der Waals surface area (Å²) in [6.45, 7) is 2.61. The van der Waals surface area contributed by atoms with E-state index in [4.69, 9.17) is 14.2 Å². The number of benzene rings is 2. The first-order chi connectivity index (χ1) is 16.5. The highest BCUT2D eigenvalue weighted by atomic mass is 32.1. The highest BCUT2D eigenvalue weighted by molar-refractivity contribution is 7.15. The van der Waals surface area contributed by atoms with Gasteiger partial charge in [-0.05, 0) is 30.2 Å². The van der Waals surface area contributed by atoms with Crippen LogP contribution in [0.15, 0.2) is 36.4 Å². The van der Waals surface area contributed by atoms with Crippen LogP contribution in [0.3, 0.4) is 0 Å². The summed E-state index contributed by atoms with van der Waals surface area (Å²) in [6, 6.07) is 11.1. The molecular weight excluding hydrogens is 456 g/mol. The van der Waals surface area contributed by atoms with Crippen LogP contribution in [0.1, 0.15) is 40.2 Å². The number of amides is 2. The second-order valence-electron chi connectivity index (χ2n) is 7.70. The largest absolute Gasteiger partial charge is 0.493 e. The minimum Gasteiger partial charge on any atom is -0.493 e. The number of hydrogen-bond acceptors (Lipinski definition) is 8. The Morgan fingerprint density at radius 3 is 2.47 bits per heavy atom. The summed E-state index contributed by atoms with van der Waals surface area (Å²) in [5.41, 5.74) is 2.40. The van der Waals surface area contributed by atoms with Crippen LogP contribution in [0, 0.1) is 0 Å². The van der Waals surface area contributed by atoms with Crippen molar-refractivity contribution in [3.8, 4) is 17.2 Å². The SMILES string of the molecule is CCc1ccccc1N1C[C@H](c2nnc(NC(=O)c3cc(OC)c(OC)c(OC)c3)s2)CC1=O. The van der Waals surface area contributed by atoms with Crippen molar-refractivity contribution in [1.29, 1.82) is 0 Å². The van der Waals surface area contributed by atoms with Crippen LogP contribution in [0.4, 0.5) is 10.8 Å². The Kier molecular flexibility index (Phi) is 6.97. The van der Waals surface area contributed by atoms with Gasteiger partial charge in [0.2, 0.25) is 16.8 Å². The van der Waals surface area contributed by atoms with Gasteiger partial charge in [-0.1, -0.05) is 36.5 Å². The van der Waals surface area contributed by atoms with Crippen LogP contribution in [-0.4, -0.2) is 49.9 Å². The molecule has 1 saturated heterocycles. The molecule has 1 fully saturated rings. The van der Waals surface area contributed by atoms with Crippen molar-refractivity contribution in [3.63, 3.8) is 0 Å². The molecule has 2 aromatic carbocycles. The summed E-state index contributed by atoms with van der Waals surface area (Å²) in [4.78, 5) is 27.4. The number of anilines is 2. The normalized spacial score (nSPS) is 15.4. The molecule has 4 rings (SSSR count). The smallest absolute Gasteiger partial charge is 0.257 e. The number of hydrogen-bond donors (Lipinski definition) is 1. The molecule has 1 atom stereocenters. The lowest BCUT2D eigenvalue weighted by atomic mass is 10.1. The van der Waals surface area contributed by atoms with E-state index in [1.807, 2.05) is 29.2 Å². The van der Waals surface area contributed by atoms with E-state index in [9.17, 15) is 9.59 Å². The van der Waals surface area contributed by atoms with Gasteiger partial charge in [0.15, 0.2) is 11.5 Å². The molecule has 9 nitrogen and oxygen atoms in total. The monoisotopic (exact) mass is 482 g/mol. The van der Waals surface area contributed by atoms with Gasteiger partial charge in [0.25, 0.3) is 5.91 Å². The lowest BCUT2D eigenvalue weighted by Gasteiger charge is -2.19. The first-order valence-electron chi connectivity index (χ1n) is 10.8. The number of carbonyl (C=O) groups is 2. The van der Waals surface area contributed by atoms with Crippen molar-refractivity contribution >= 4 is 34.0 Å². The summed E-state index contributed by atoms with van der Waals surface area (Å²) < 4.78 is 15.9. The molecular formula is C24H26N4O5S. The maximum Gasteiger partial charge on any atom is 0.257 e. The minimum absolute atomic E-state index is 0.0594. The van der Waals surface area contributed by atoms with Gasteiger partial charge in [-0.25, -0.2) is 0 Å². The number of aryl methyl sites for hydroxylation is 1. The van der Waals surface area contributed by atoms with Gasteiger partial charge in [-0.3, -0.25) is 14.9 Å². The van der Waals surface area contributed by atoms with E-state index in [0.717, 1.165) is 17.7 Å². The number of methoxy groups -OCH3 is 3. The fraction of sp³-hybridized carbons (Fsp3) is 0.333. The standard InChI is InChI=1S/C24H26N4O5S/c1-5-14-8-6-7-9-17(14)28-13-16(12-20(28)29)23-26-27-24(34-23)25-22(30)15-10-18(31-2)21(33-4)19(11-15)32-3/h6-11,16H,5,12-13H2,1-4H3,(H,25,27,30)/t16-/m1/s1. The van der Waals surface area contributed by atoms with E-state index in [-0.39, 0.29) is 17.7 Å². The predicted molar refractivity (Wildman–Crippen MR) is 129 cm³/mol. The van der Waals surface area contributed by atoms with Gasteiger partial charge in [-0.2, -0.15) is 0 Å². The van der Waals surface area contributed by atoms with Crippen molar-refractivity contribution in [3.05, 3.63) is 52.5 Å². The molecule has 2 heterocycles. The average Bonchev–Trinajstić information content (AvgIpc) is 3.49. The minimum atomic E-state index is -0.386. The highest BCUT2D eigenvalue weighted by Crippen LogP contribution is 2.39. The van der Waals surface area contributed by atoms with E-state index in [2.05, 4.69) is 22.4 Å². The topological polar surface area (TPSA) is 103 Å². The maximum absolute atomic E-state index is 12.9. The molecule has 0 spiro atoms. The molecule has 0 bridgehead atoms. The molecule has 178 valence electrons. The molecule has 0 radical (unpaired) electrons. The fourth-order valence-corrected chi connectivity index (χ4v) is 4.84. The molecule has 1 aromatic heterocycles. The number of rotatable bonds is 8. The molecule has 2 amide bonds. The van der Waals surface area contributed by atoms with Gasteiger partial charge in [-0.15, -0.1) is 10.2 Å². The summed E-state index contributed by atoms with van der Waals surface area (Å²) >= 11 is 1.27. The maximum atomic E-state index is 12.9. The van der Waals surface area contributed by atoms with Gasteiger partial charge in [0.1, 0.15) is 5.01 Å². The number of nitrogens with zero attached hydrogens (tertiary/aromatic N) is 3. The zero-order chi connectivity index (χ0) is 24.2. The lowest BCUT2D eigenvalue weighted by Crippen LogP contribution is -2.25. The number of para-hydroxylation sites is 1. The quantitative estimate of drug-likeness (QED) is 0.519. The van der Waals surface area contributed by atoms with E-state index in [1.165, 1.54) is 32.7 Å². The predicted octanol–water partition coefficient (Wildman–Crippen LogP) is 3.90. The molecule has 3 aromatic rings. The first kappa shape index (κ1) is 23.5. The van der Waals surface area contributed by atoms with Crippen molar-refractivity contribution in [2.24, 2.45) is 0 Å². The molecule has 0 unspecified atom stereocenters. The second-order valence-corrected chi connectivity index (χ2v) is 8.71. The Bertz CT molecular complexity index is 1190. The zero-order valence-corrected chi connectivity index (χ0v) is 20.3. The third-order valence-corrected chi connectivity index (χ3v) is 6.73. The summed E-state index contributed by atoms with van der Waals surface area (Å²) in [5.74, 6) is 0.748. The fourth-order valence-electron chi connectivity index (χ4n) is 4.01. The van der Waals surface area contributed by atoms with Crippen LogP contribution in [-0.2, 0) is 11.2 Å². The van der Waals surface area contributed by atoms with Crippen LogP contribution in [0.25, 0.3) is 0 Å². The molecule has 1 aliphatic rings. The molecule has 1 N–H and O–H groups in total. The first-order valence-corrected chi connectivity index (χ1v) is 11.6. The van der Waals surface area contributed by atoms with Crippen LogP contribution in [0.5, 0.6) is 17.2 Å². The summed E-state index contributed by atoms with van der Waals surface area (Å²) in [6.07, 6.45) is 1.20. The second kappa shape index (κ2) is 10.1. The van der Waals surface area contributed by atoms with E-state index < -0.39 is 0 Å². The van der Waals surface area contributed by atoms with Crippen molar-refractivity contribution in [2.45, 2.75) is 25.7 Å². The zero-order valence-electron chi connectivity index (χ0n) is 19.5. The van der Waals surface area contributed by atoms with Gasteiger partial charge >= 0.3 is 0 Å². The summed E-state index contributed by atoms with van der Waals surface area (Å²) in [5, 5.41) is 12.2. The molecule has 10 heteroatoms. The highest BCUT2D eigenvalue weighted by Gasteiger charge is 2.34. The van der Waals surface area contributed by atoms with E-state index in [1.54, 1.807) is 12.1 Å². The van der Waals surface area contributed by atoms with E-state index in [0.29, 0.717) is 45.9 Å². The lowest BCUT2D eigenvalue weighted by molar-refractivity contribution is -0.117. The molecule has 0 saturated carbocycles. The molecule has 0 aliphatic carbocycles. The number of aromatic nitrogens is 2. The van der Waals surface area contributed by atoms with Crippen molar-refractivity contribution in [2.75, 3.05) is 38.1 Å². The molecule has 1 aliphatic heterocycles. The Hall–Kier alpha value is -3.66. The van der Waals surface area contributed by atoms with Gasteiger partial charge < -0.3 is 19.1 Å². The van der Waals surface area contributed by atoms with Crippen LogP contribution >= 0.6 is 11.3 Å². The van der Waals surface area contributed by atoms with Crippen molar-refractivity contribution < 1.29 is 23.8 Å². The van der Waals surface area contributed by atoms with Crippen molar-refractivity contribution in [1.82, 2.24) is 10.2 Å². The Balaban J connectivity index is 1.49. The van der Waals surface area contributed by atoms with Gasteiger partial charge in [0.05, 0.1) is 21.3 Å². The number of nitrogens with one attached hydrogen (secondary N) is 1. The van der Waals surface area contributed by atoms with Gasteiger partial charge in [0, 0.05) is 30.1 Å². The van der Waals surface area contributed by atoms with Crippen LogP contribution in [0.2, 0.25) is 0 Å². The molecule has 34 heavy (non-hydrogen) atoms. The number of carbonyl (C=O) groups excluding carboxylic acids is 2. The number of ether oxygens (including phenoxy) is 3. The third-order valence-electron chi connectivity index (χ3n) is 5.73. The van der Waals surface area contributed by atoms with E-state index >= 15 is 0 Å². The van der Waals surface area contributed by atoms with Crippen LogP contribution < -0.4 is 24.4 Å². The average molecular weight is 483 g/mol. The Labute approximate surface area is 201 Å². The summed E-state index contributed by atoms with van der Waals surface area (Å²) in [7, 11) is 4.47. The Morgan fingerprint density at radius 1 is 1.12 bits per heavy atom. The third kappa shape index (κ3) is 4.54. The Morgan fingerprint density at radius 2 is 1.82 bits per heavy atom.